The second-order valence-electron chi connectivity index (χ2n) is 7.13. The lowest BCUT2D eigenvalue weighted by Crippen LogP contribution is -2.23. The van der Waals surface area contributed by atoms with Gasteiger partial charge in [0.1, 0.15) is 5.75 Å². The summed E-state index contributed by atoms with van der Waals surface area (Å²) in [5, 5.41) is 2.84. The number of nitrogens with one attached hydrogen (secondary N) is 1. The van der Waals surface area contributed by atoms with Gasteiger partial charge in [-0.25, -0.2) is 12.7 Å². The van der Waals surface area contributed by atoms with E-state index in [1.165, 1.54) is 26.2 Å². The minimum absolute atomic E-state index is 0.0625. The van der Waals surface area contributed by atoms with Crippen LogP contribution in [0.4, 0.5) is 5.69 Å². The molecule has 3 aromatic carbocycles. The van der Waals surface area contributed by atoms with Gasteiger partial charge < -0.3 is 10.1 Å². The van der Waals surface area contributed by atoms with Gasteiger partial charge in [0.25, 0.3) is 5.91 Å². The standard InChI is InChI=1S/C23H24N2O4S/c1-16-8-7-9-18(14-16)29-22-11-6-5-10-21(22)24-23(26)20-15-19(13-12-17(20)2)30(27,28)25(3)4/h5-15H,1-4H3,(H,24,26). The van der Waals surface area contributed by atoms with Gasteiger partial charge in [-0.1, -0.05) is 30.3 Å². The molecule has 0 fully saturated rings. The molecule has 0 radical (unpaired) electrons. The van der Waals surface area contributed by atoms with Crippen LogP contribution in [0.25, 0.3) is 0 Å². The number of hydrogen-bond acceptors (Lipinski definition) is 4. The highest BCUT2D eigenvalue weighted by Crippen LogP contribution is 2.30. The first-order valence-corrected chi connectivity index (χ1v) is 10.8. The molecule has 0 bridgehead atoms. The molecule has 3 aromatic rings. The van der Waals surface area contributed by atoms with Crippen LogP contribution in [-0.2, 0) is 10.0 Å². The summed E-state index contributed by atoms with van der Waals surface area (Å²) in [7, 11) is -0.742. The van der Waals surface area contributed by atoms with Crippen LogP contribution in [0.1, 0.15) is 21.5 Å². The Labute approximate surface area is 177 Å². The highest BCUT2D eigenvalue weighted by Gasteiger charge is 2.20. The second kappa shape index (κ2) is 8.69. The molecule has 0 aromatic heterocycles. The largest absolute Gasteiger partial charge is 0.455 e. The number of benzene rings is 3. The van der Waals surface area contributed by atoms with Crippen molar-refractivity contribution in [3.8, 4) is 11.5 Å². The van der Waals surface area contributed by atoms with Crippen molar-refractivity contribution in [1.82, 2.24) is 4.31 Å². The van der Waals surface area contributed by atoms with Crippen LogP contribution in [0.3, 0.4) is 0 Å². The van der Waals surface area contributed by atoms with Crippen LogP contribution in [0, 0.1) is 13.8 Å². The minimum Gasteiger partial charge on any atom is -0.455 e. The Morgan fingerprint density at radius 1 is 0.933 bits per heavy atom. The highest BCUT2D eigenvalue weighted by molar-refractivity contribution is 7.89. The van der Waals surface area contributed by atoms with Gasteiger partial charge in [-0.15, -0.1) is 0 Å². The molecule has 1 N–H and O–H groups in total. The predicted octanol–water partition coefficient (Wildman–Crippen LogP) is 4.60. The Balaban J connectivity index is 1.90. The first kappa shape index (κ1) is 21.5. The van der Waals surface area contributed by atoms with Crippen LogP contribution >= 0.6 is 0 Å². The van der Waals surface area contributed by atoms with E-state index in [1.807, 2.05) is 37.3 Å². The summed E-state index contributed by atoms with van der Waals surface area (Å²) in [6.07, 6.45) is 0. The third-order valence-electron chi connectivity index (χ3n) is 4.58. The Bertz CT molecular complexity index is 1190. The van der Waals surface area contributed by atoms with Gasteiger partial charge in [0, 0.05) is 19.7 Å². The average molecular weight is 425 g/mol. The van der Waals surface area contributed by atoms with E-state index in [2.05, 4.69) is 5.32 Å². The van der Waals surface area contributed by atoms with Gasteiger partial charge in [0.2, 0.25) is 10.0 Å². The first-order valence-electron chi connectivity index (χ1n) is 9.36. The number of anilines is 1. The van der Waals surface area contributed by atoms with Crippen LogP contribution in [0.5, 0.6) is 11.5 Å². The van der Waals surface area contributed by atoms with Crippen molar-refractivity contribution in [3.05, 3.63) is 83.4 Å². The van der Waals surface area contributed by atoms with E-state index in [0.29, 0.717) is 22.7 Å². The summed E-state index contributed by atoms with van der Waals surface area (Å²) in [5.74, 6) is 0.738. The molecule has 0 aliphatic heterocycles. The third kappa shape index (κ3) is 4.69. The number of para-hydroxylation sites is 2. The van der Waals surface area contributed by atoms with Crippen molar-refractivity contribution in [3.63, 3.8) is 0 Å². The van der Waals surface area contributed by atoms with E-state index in [1.54, 1.807) is 31.2 Å². The number of rotatable bonds is 6. The molecule has 30 heavy (non-hydrogen) atoms. The van der Waals surface area contributed by atoms with Crippen molar-refractivity contribution < 1.29 is 17.9 Å². The Morgan fingerprint density at radius 2 is 1.67 bits per heavy atom. The molecule has 0 unspecified atom stereocenters. The highest BCUT2D eigenvalue weighted by atomic mass is 32.2. The molecule has 3 rings (SSSR count). The molecule has 6 nitrogen and oxygen atoms in total. The lowest BCUT2D eigenvalue weighted by molar-refractivity contribution is 0.102. The fourth-order valence-electron chi connectivity index (χ4n) is 2.87. The fourth-order valence-corrected chi connectivity index (χ4v) is 3.80. The van der Waals surface area contributed by atoms with Gasteiger partial charge in [-0.05, 0) is 61.4 Å². The van der Waals surface area contributed by atoms with Crippen LogP contribution in [0.2, 0.25) is 0 Å². The minimum atomic E-state index is -3.65. The van der Waals surface area contributed by atoms with E-state index in [-0.39, 0.29) is 10.5 Å². The maximum Gasteiger partial charge on any atom is 0.256 e. The number of hydrogen-bond donors (Lipinski definition) is 1. The zero-order valence-corrected chi connectivity index (χ0v) is 18.2. The van der Waals surface area contributed by atoms with Gasteiger partial charge in [-0.3, -0.25) is 4.79 Å². The Morgan fingerprint density at radius 3 is 2.37 bits per heavy atom. The molecule has 0 spiro atoms. The molecule has 0 saturated carbocycles. The monoisotopic (exact) mass is 424 g/mol. The van der Waals surface area contributed by atoms with Gasteiger partial charge in [-0.2, -0.15) is 0 Å². The maximum atomic E-state index is 13.0. The van der Waals surface area contributed by atoms with Crippen molar-refractivity contribution in [2.24, 2.45) is 0 Å². The number of carbonyl (C=O) groups excluding carboxylic acids is 1. The predicted molar refractivity (Wildman–Crippen MR) is 118 cm³/mol. The van der Waals surface area contributed by atoms with Crippen LogP contribution in [-0.4, -0.2) is 32.7 Å². The molecule has 7 heteroatoms. The fraction of sp³-hybridized carbons (Fsp3) is 0.174. The zero-order valence-electron chi connectivity index (χ0n) is 17.3. The van der Waals surface area contributed by atoms with Gasteiger partial charge >= 0.3 is 0 Å². The average Bonchev–Trinajstić information content (AvgIpc) is 2.69. The van der Waals surface area contributed by atoms with E-state index >= 15 is 0 Å². The van der Waals surface area contributed by atoms with E-state index in [4.69, 9.17) is 4.74 Å². The molecule has 0 atom stereocenters. The number of ether oxygens (including phenoxy) is 1. The molecular formula is C23H24N2O4S. The summed E-state index contributed by atoms with van der Waals surface area (Å²) in [4.78, 5) is 13.0. The number of carbonyl (C=O) groups is 1. The van der Waals surface area contributed by atoms with E-state index in [0.717, 1.165) is 9.87 Å². The zero-order chi connectivity index (χ0) is 21.9. The summed E-state index contributed by atoms with van der Waals surface area (Å²) in [6, 6.07) is 19.2. The molecule has 0 aliphatic carbocycles. The van der Waals surface area contributed by atoms with Crippen molar-refractivity contribution in [2.45, 2.75) is 18.7 Å². The summed E-state index contributed by atoms with van der Waals surface area (Å²) in [5.41, 5.74) is 2.50. The summed E-state index contributed by atoms with van der Waals surface area (Å²) in [6.45, 7) is 3.73. The molecule has 1 amide bonds. The molecule has 156 valence electrons. The van der Waals surface area contributed by atoms with Crippen molar-refractivity contribution in [1.29, 1.82) is 0 Å². The molecule has 0 aliphatic rings. The van der Waals surface area contributed by atoms with Crippen molar-refractivity contribution >= 4 is 21.6 Å². The van der Waals surface area contributed by atoms with Gasteiger partial charge in [0.05, 0.1) is 10.6 Å². The summed E-state index contributed by atoms with van der Waals surface area (Å²) >= 11 is 0. The SMILES string of the molecule is Cc1cccc(Oc2ccccc2NC(=O)c2cc(S(=O)(=O)N(C)C)ccc2C)c1. The third-order valence-corrected chi connectivity index (χ3v) is 6.40. The summed E-state index contributed by atoms with van der Waals surface area (Å²) < 4.78 is 31.9. The maximum absolute atomic E-state index is 13.0. The van der Waals surface area contributed by atoms with Crippen molar-refractivity contribution in [2.75, 3.05) is 19.4 Å². The quantitative estimate of drug-likeness (QED) is 0.628. The first-order chi connectivity index (χ1) is 14.2. The van der Waals surface area contributed by atoms with Gasteiger partial charge in [0.15, 0.2) is 5.75 Å². The number of sulfonamides is 1. The van der Waals surface area contributed by atoms with Crippen LogP contribution in [0.15, 0.2) is 71.6 Å². The molecular weight excluding hydrogens is 400 g/mol. The molecule has 0 saturated heterocycles. The lowest BCUT2D eigenvalue weighted by Gasteiger charge is -2.15. The van der Waals surface area contributed by atoms with E-state index in [9.17, 15) is 13.2 Å². The van der Waals surface area contributed by atoms with E-state index < -0.39 is 15.9 Å². The lowest BCUT2D eigenvalue weighted by atomic mass is 10.1. The number of nitrogens with zero attached hydrogens (tertiary/aromatic N) is 1. The number of amides is 1. The van der Waals surface area contributed by atoms with Crippen LogP contribution < -0.4 is 10.1 Å². The number of aryl methyl sites for hydroxylation is 2. The Hall–Kier alpha value is -3.16. The smallest absolute Gasteiger partial charge is 0.256 e. The normalized spacial score (nSPS) is 11.4. The molecule has 0 heterocycles. The topological polar surface area (TPSA) is 75.7 Å². The Kier molecular flexibility index (Phi) is 6.24. The second-order valence-corrected chi connectivity index (χ2v) is 9.28.